The smallest absolute Gasteiger partial charge is 0.193 e. The van der Waals surface area contributed by atoms with Crippen LogP contribution in [0.2, 0.25) is 0 Å². The van der Waals surface area contributed by atoms with Gasteiger partial charge < -0.3 is 24.4 Å². The maximum atomic E-state index is 5.93. The van der Waals surface area contributed by atoms with Crippen LogP contribution in [0, 0.1) is 11.8 Å². The lowest BCUT2D eigenvalue weighted by Crippen LogP contribution is -2.40. The molecule has 2 aliphatic rings. The van der Waals surface area contributed by atoms with Crippen LogP contribution in [-0.2, 0) is 20.8 Å². The highest BCUT2D eigenvalue weighted by molar-refractivity contribution is 5.80. The molecule has 0 radical (unpaired) electrons. The van der Waals surface area contributed by atoms with E-state index in [0.717, 1.165) is 84.3 Å². The van der Waals surface area contributed by atoms with Crippen LogP contribution in [0.4, 0.5) is 0 Å². The van der Waals surface area contributed by atoms with Crippen molar-refractivity contribution in [3.63, 3.8) is 0 Å². The van der Waals surface area contributed by atoms with Gasteiger partial charge in [0.05, 0.1) is 13.2 Å². The molecule has 2 aliphatic heterocycles. The van der Waals surface area contributed by atoms with Gasteiger partial charge in [-0.3, -0.25) is 4.99 Å². The van der Waals surface area contributed by atoms with Crippen molar-refractivity contribution in [3.05, 3.63) is 35.9 Å². The van der Waals surface area contributed by atoms with Gasteiger partial charge in [0.1, 0.15) is 0 Å². The Bertz CT molecular complexity index is 590. The average molecular weight is 404 g/mol. The lowest BCUT2D eigenvalue weighted by Gasteiger charge is -2.23. The molecule has 162 valence electrons. The van der Waals surface area contributed by atoms with Gasteiger partial charge in [-0.25, -0.2) is 0 Å². The van der Waals surface area contributed by atoms with Gasteiger partial charge in [0.2, 0.25) is 0 Å². The summed E-state index contributed by atoms with van der Waals surface area (Å²) in [5.41, 5.74) is 1.24. The number of aliphatic imine (C=N–C) groups is 1. The van der Waals surface area contributed by atoms with Gasteiger partial charge in [-0.05, 0) is 37.2 Å². The van der Waals surface area contributed by atoms with Crippen LogP contribution < -0.4 is 5.32 Å². The second kappa shape index (κ2) is 12.8. The number of nitrogens with zero attached hydrogens (tertiary/aromatic N) is 2. The van der Waals surface area contributed by atoms with E-state index in [1.165, 1.54) is 5.56 Å². The van der Waals surface area contributed by atoms with Gasteiger partial charge in [0, 0.05) is 59.0 Å². The minimum absolute atomic E-state index is 0.570. The number of hydrogen-bond donors (Lipinski definition) is 1. The molecule has 1 atom stereocenters. The molecular formula is C23H37N3O3. The molecule has 1 aromatic rings. The summed E-state index contributed by atoms with van der Waals surface area (Å²) in [5, 5.41) is 3.49. The fourth-order valence-corrected chi connectivity index (χ4v) is 3.95. The molecule has 0 saturated carbocycles. The van der Waals surface area contributed by atoms with Crippen LogP contribution in [0.25, 0.3) is 0 Å². The number of likely N-dealkylation sites (tertiary alicyclic amines) is 1. The molecule has 0 aromatic heterocycles. The van der Waals surface area contributed by atoms with Crippen molar-refractivity contribution in [3.8, 4) is 0 Å². The normalized spacial score (nSPS) is 20.9. The largest absolute Gasteiger partial charge is 0.381 e. The first-order valence-electron chi connectivity index (χ1n) is 11.1. The quantitative estimate of drug-likeness (QED) is 0.370. The van der Waals surface area contributed by atoms with Crippen LogP contribution in [0.5, 0.6) is 0 Å². The second-order valence-corrected chi connectivity index (χ2v) is 8.06. The zero-order valence-electron chi connectivity index (χ0n) is 17.9. The Morgan fingerprint density at radius 1 is 1.10 bits per heavy atom. The van der Waals surface area contributed by atoms with Crippen LogP contribution in [0.1, 0.15) is 31.2 Å². The molecule has 0 bridgehead atoms. The molecule has 2 saturated heterocycles. The van der Waals surface area contributed by atoms with Crippen LogP contribution >= 0.6 is 0 Å². The SMILES string of the molecule is CN=C(NCCCOCC1CCOCC1)N1CCC(COCc2ccccc2)C1. The van der Waals surface area contributed by atoms with E-state index in [-0.39, 0.29) is 0 Å². The standard InChI is InChI=1S/C23H37N3O3/c1-24-23(25-11-5-13-28-17-21-9-14-27-15-10-21)26-12-8-22(16-26)19-29-18-20-6-3-2-4-7-20/h2-4,6-7,21-22H,5,8-19H2,1H3,(H,24,25). The van der Waals surface area contributed by atoms with E-state index in [9.17, 15) is 0 Å². The van der Waals surface area contributed by atoms with Crippen molar-refractivity contribution in [2.75, 3.05) is 59.7 Å². The fraction of sp³-hybridized carbons (Fsp3) is 0.696. The third kappa shape index (κ3) is 7.96. The van der Waals surface area contributed by atoms with Gasteiger partial charge in [-0.1, -0.05) is 30.3 Å². The summed E-state index contributed by atoms with van der Waals surface area (Å²) in [4.78, 5) is 6.81. The summed E-state index contributed by atoms with van der Waals surface area (Å²) in [5.74, 6) is 2.25. The summed E-state index contributed by atoms with van der Waals surface area (Å²) in [6, 6.07) is 10.4. The first kappa shape index (κ1) is 22.1. The predicted molar refractivity (Wildman–Crippen MR) is 116 cm³/mol. The molecule has 0 spiro atoms. The van der Waals surface area contributed by atoms with Crippen LogP contribution in [0.15, 0.2) is 35.3 Å². The molecule has 0 amide bonds. The zero-order valence-corrected chi connectivity index (χ0v) is 17.9. The van der Waals surface area contributed by atoms with Crippen molar-refractivity contribution >= 4 is 5.96 Å². The topological polar surface area (TPSA) is 55.3 Å². The van der Waals surface area contributed by atoms with Crippen molar-refractivity contribution in [2.24, 2.45) is 16.8 Å². The number of rotatable bonds is 10. The summed E-state index contributed by atoms with van der Waals surface area (Å²) in [7, 11) is 1.86. The zero-order chi connectivity index (χ0) is 20.2. The highest BCUT2D eigenvalue weighted by Crippen LogP contribution is 2.17. The van der Waals surface area contributed by atoms with E-state index in [2.05, 4.69) is 39.5 Å². The Kier molecular flexibility index (Phi) is 9.76. The molecular weight excluding hydrogens is 366 g/mol. The molecule has 2 heterocycles. The van der Waals surface area contributed by atoms with Gasteiger partial charge >= 0.3 is 0 Å². The molecule has 1 unspecified atom stereocenters. The van der Waals surface area contributed by atoms with Gasteiger partial charge in [-0.2, -0.15) is 0 Å². The van der Waals surface area contributed by atoms with E-state index < -0.39 is 0 Å². The highest BCUT2D eigenvalue weighted by Gasteiger charge is 2.24. The average Bonchev–Trinajstić information content (AvgIpc) is 3.23. The molecule has 6 nitrogen and oxygen atoms in total. The van der Waals surface area contributed by atoms with Crippen LogP contribution in [0.3, 0.4) is 0 Å². The van der Waals surface area contributed by atoms with Gasteiger partial charge in [-0.15, -0.1) is 0 Å². The van der Waals surface area contributed by atoms with E-state index >= 15 is 0 Å². The Morgan fingerprint density at radius 2 is 1.90 bits per heavy atom. The van der Waals surface area contributed by atoms with Crippen molar-refractivity contribution < 1.29 is 14.2 Å². The molecule has 1 aromatic carbocycles. The van der Waals surface area contributed by atoms with E-state index in [1.54, 1.807) is 0 Å². The first-order chi connectivity index (χ1) is 14.3. The molecule has 2 fully saturated rings. The summed E-state index contributed by atoms with van der Waals surface area (Å²) < 4.78 is 17.2. The third-order valence-corrected chi connectivity index (χ3v) is 5.71. The number of nitrogens with one attached hydrogen (secondary N) is 1. The van der Waals surface area contributed by atoms with E-state index in [0.29, 0.717) is 18.4 Å². The molecule has 1 N–H and O–H groups in total. The summed E-state index contributed by atoms with van der Waals surface area (Å²) >= 11 is 0. The Balaban J connectivity index is 1.24. The maximum absolute atomic E-state index is 5.93. The lowest BCUT2D eigenvalue weighted by molar-refractivity contribution is 0.0203. The Morgan fingerprint density at radius 3 is 2.69 bits per heavy atom. The first-order valence-corrected chi connectivity index (χ1v) is 11.1. The lowest BCUT2D eigenvalue weighted by atomic mass is 10.0. The summed E-state index contributed by atoms with van der Waals surface area (Å²) in [6.45, 7) is 7.90. The molecule has 3 rings (SSSR count). The molecule has 0 aliphatic carbocycles. The maximum Gasteiger partial charge on any atom is 0.193 e. The minimum atomic E-state index is 0.570. The Labute approximate surface area is 175 Å². The Hall–Kier alpha value is -1.63. The number of guanidine groups is 1. The summed E-state index contributed by atoms with van der Waals surface area (Å²) in [6.07, 6.45) is 4.43. The third-order valence-electron chi connectivity index (χ3n) is 5.71. The van der Waals surface area contributed by atoms with E-state index in [1.807, 2.05) is 13.1 Å². The monoisotopic (exact) mass is 403 g/mol. The number of hydrogen-bond acceptors (Lipinski definition) is 4. The number of ether oxygens (including phenoxy) is 3. The van der Waals surface area contributed by atoms with E-state index in [4.69, 9.17) is 14.2 Å². The molecule has 29 heavy (non-hydrogen) atoms. The minimum Gasteiger partial charge on any atom is -0.381 e. The van der Waals surface area contributed by atoms with Gasteiger partial charge in [0.25, 0.3) is 0 Å². The van der Waals surface area contributed by atoms with Crippen molar-refractivity contribution in [2.45, 2.75) is 32.3 Å². The number of benzene rings is 1. The van der Waals surface area contributed by atoms with Crippen molar-refractivity contribution in [1.29, 1.82) is 0 Å². The predicted octanol–water partition coefficient (Wildman–Crippen LogP) is 2.93. The second-order valence-electron chi connectivity index (χ2n) is 8.06. The van der Waals surface area contributed by atoms with Gasteiger partial charge in [0.15, 0.2) is 5.96 Å². The van der Waals surface area contributed by atoms with Crippen molar-refractivity contribution in [1.82, 2.24) is 10.2 Å². The molecule has 6 heteroatoms. The van der Waals surface area contributed by atoms with Crippen LogP contribution in [-0.4, -0.2) is 70.6 Å². The fourth-order valence-electron chi connectivity index (χ4n) is 3.95. The highest BCUT2D eigenvalue weighted by atomic mass is 16.5.